The fraction of sp³-hybridized carbons (Fsp3) is 0.353. The fourth-order valence-electron chi connectivity index (χ4n) is 3.04. The maximum absolute atomic E-state index is 9.36. The molecule has 1 aliphatic rings. The van der Waals surface area contributed by atoms with Gasteiger partial charge >= 0.3 is 0 Å². The van der Waals surface area contributed by atoms with Gasteiger partial charge in [0.1, 0.15) is 11.6 Å². The van der Waals surface area contributed by atoms with E-state index in [0.717, 1.165) is 50.0 Å². The number of aryl methyl sites for hydroxylation is 1. The molecule has 0 bridgehead atoms. The van der Waals surface area contributed by atoms with Crippen LogP contribution in [0, 0.1) is 6.92 Å². The standard InChI is InChI=1S/C17H20N6O/c1-13-18-16-6-7-17(20-23(16)19-13)22-10-8-21(9-11-22)12-14-2-4-15(24)5-3-14/h2-7,24H,8-12H2,1H3. The number of hydrogen-bond donors (Lipinski definition) is 1. The van der Waals surface area contributed by atoms with Crippen molar-refractivity contribution in [1.29, 1.82) is 0 Å². The number of phenolic OH excluding ortho intramolecular Hbond substituents is 1. The van der Waals surface area contributed by atoms with Gasteiger partial charge in [0.05, 0.1) is 0 Å². The molecule has 3 heterocycles. The van der Waals surface area contributed by atoms with Crippen LogP contribution in [-0.2, 0) is 6.54 Å². The summed E-state index contributed by atoms with van der Waals surface area (Å²) >= 11 is 0. The van der Waals surface area contributed by atoms with Gasteiger partial charge in [-0.2, -0.15) is 0 Å². The molecule has 0 spiro atoms. The lowest BCUT2D eigenvalue weighted by atomic mass is 10.2. The predicted molar refractivity (Wildman–Crippen MR) is 91.1 cm³/mol. The van der Waals surface area contributed by atoms with E-state index in [1.54, 1.807) is 16.8 Å². The van der Waals surface area contributed by atoms with Crippen molar-refractivity contribution in [1.82, 2.24) is 24.7 Å². The number of rotatable bonds is 3. The van der Waals surface area contributed by atoms with Gasteiger partial charge in [-0.05, 0) is 36.8 Å². The molecule has 4 rings (SSSR count). The molecule has 1 N–H and O–H groups in total. The van der Waals surface area contributed by atoms with Crippen LogP contribution < -0.4 is 4.90 Å². The molecule has 1 fully saturated rings. The third kappa shape index (κ3) is 3.03. The average Bonchev–Trinajstić information content (AvgIpc) is 2.97. The van der Waals surface area contributed by atoms with Crippen molar-refractivity contribution < 1.29 is 5.11 Å². The molecule has 7 nitrogen and oxygen atoms in total. The van der Waals surface area contributed by atoms with Crippen LogP contribution in [0.4, 0.5) is 5.82 Å². The summed E-state index contributed by atoms with van der Waals surface area (Å²) in [6.45, 7) is 6.61. The number of aromatic hydroxyl groups is 1. The number of benzene rings is 1. The van der Waals surface area contributed by atoms with Crippen molar-refractivity contribution in [3.05, 3.63) is 47.8 Å². The molecule has 7 heteroatoms. The maximum atomic E-state index is 9.36. The Hall–Kier alpha value is -2.67. The summed E-state index contributed by atoms with van der Waals surface area (Å²) in [4.78, 5) is 9.01. The highest BCUT2D eigenvalue weighted by Gasteiger charge is 2.19. The van der Waals surface area contributed by atoms with Gasteiger partial charge in [0.2, 0.25) is 0 Å². The summed E-state index contributed by atoms with van der Waals surface area (Å²) in [5.74, 6) is 1.99. The van der Waals surface area contributed by atoms with Crippen molar-refractivity contribution in [3.63, 3.8) is 0 Å². The summed E-state index contributed by atoms with van der Waals surface area (Å²) in [7, 11) is 0. The fourth-order valence-corrected chi connectivity index (χ4v) is 3.04. The van der Waals surface area contributed by atoms with Gasteiger partial charge in [-0.15, -0.1) is 14.8 Å². The third-order valence-electron chi connectivity index (χ3n) is 4.34. The predicted octanol–water partition coefficient (Wildman–Crippen LogP) is 1.46. The van der Waals surface area contributed by atoms with Crippen molar-refractivity contribution in [2.75, 3.05) is 31.1 Å². The quantitative estimate of drug-likeness (QED) is 0.786. The highest BCUT2D eigenvalue weighted by atomic mass is 16.3. The van der Waals surface area contributed by atoms with Crippen LogP contribution in [0.3, 0.4) is 0 Å². The summed E-state index contributed by atoms with van der Waals surface area (Å²) in [5.41, 5.74) is 2.00. The normalized spacial score (nSPS) is 16.0. The van der Waals surface area contributed by atoms with Gasteiger partial charge in [0.15, 0.2) is 11.5 Å². The van der Waals surface area contributed by atoms with Crippen molar-refractivity contribution >= 4 is 11.5 Å². The topological polar surface area (TPSA) is 69.8 Å². The monoisotopic (exact) mass is 324 g/mol. The Morgan fingerprint density at radius 2 is 1.71 bits per heavy atom. The molecule has 1 aliphatic heterocycles. The Labute approximate surface area is 140 Å². The maximum Gasteiger partial charge on any atom is 0.176 e. The van der Waals surface area contributed by atoms with Crippen LogP contribution in [0.5, 0.6) is 5.75 Å². The zero-order valence-electron chi connectivity index (χ0n) is 13.6. The van der Waals surface area contributed by atoms with Crippen molar-refractivity contribution in [3.8, 4) is 5.75 Å². The van der Waals surface area contributed by atoms with Crippen LogP contribution in [0.25, 0.3) is 5.65 Å². The second-order valence-corrected chi connectivity index (χ2v) is 6.13. The first-order valence-corrected chi connectivity index (χ1v) is 8.13. The lowest BCUT2D eigenvalue weighted by Crippen LogP contribution is -2.46. The van der Waals surface area contributed by atoms with Gasteiger partial charge < -0.3 is 10.0 Å². The number of fused-ring (bicyclic) bond motifs is 1. The third-order valence-corrected chi connectivity index (χ3v) is 4.34. The number of anilines is 1. The molecule has 24 heavy (non-hydrogen) atoms. The van der Waals surface area contributed by atoms with E-state index >= 15 is 0 Å². The van der Waals surface area contributed by atoms with Gasteiger partial charge in [0, 0.05) is 32.7 Å². The van der Waals surface area contributed by atoms with Crippen LogP contribution in [-0.4, -0.2) is 56.0 Å². The highest BCUT2D eigenvalue weighted by molar-refractivity contribution is 5.45. The van der Waals surface area contributed by atoms with E-state index in [1.165, 1.54) is 5.56 Å². The zero-order valence-corrected chi connectivity index (χ0v) is 13.6. The zero-order chi connectivity index (χ0) is 16.5. The Morgan fingerprint density at radius 3 is 2.46 bits per heavy atom. The van der Waals surface area contributed by atoms with Gasteiger partial charge in [-0.1, -0.05) is 12.1 Å². The van der Waals surface area contributed by atoms with Crippen molar-refractivity contribution in [2.45, 2.75) is 13.5 Å². The van der Waals surface area contributed by atoms with E-state index in [1.807, 2.05) is 31.2 Å². The van der Waals surface area contributed by atoms with Crippen LogP contribution in [0.2, 0.25) is 0 Å². The molecular formula is C17H20N6O. The smallest absolute Gasteiger partial charge is 0.176 e. The number of hydrogen-bond acceptors (Lipinski definition) is 6. The number of aromatic nitrogens is 4. The summed E-state index contributed by atoms with van der Waals surface area (Å²) in [5, 5.41) is 18.2. The first-order chi connectivity index (χ1) is 11.7. The number of piperazine rings is 1. The molecule has 1 aromatic carbocycles. The van der Waals surface area contributed by atoms with E-state index < -0.39 is 0 Å². The Bertz CT molecular complexity index is 836. The van der Waals surface area contributed by atoms with Crippen LogP contribution >= 0.6 is 0 Å². The van der Waals surface area contributed by atoms with E-state index in [2.05, 4.69) is 25.0 Å². The molecule has 3 aromatic rings. The molecule has 0 unspecified atom stereocenters. The molecule has 0 saturated carbocycles. The first-order valence-electron chi connectivity index (χ1n) is 8.13. The SMILES string of the molecule is Cc1nc2ccc(N3CCN(Cc4ccc(O)cc4)CC3)nn2n1. The minimum Gasteiger partial charge on any atom is -0.508 e. The summed E-state index contributed by atoms with van der Waals surface area (Å²) in [6.07, 6.45) is 0. The van der Waals surface area contributed by atoms with Gasteiger partial charge in [-0.25, -0.2) is 4.98 Å². The Balaban J connectivity index is 1.40. The lowest BCUT2D eigenvalue weighted by molar-refractivity contribution is 0.249. The second-order valence-electron chi connectivity index (χ2n) is 6.13. The van der Waals surface area contributed by atoms with E-state index in [4.69, 9.17) is 0 Å². The van der Waals surface area contributed by atoms with Gasteiger partial charge in [0.25, 0.3) is 0 Å². The molecule has 1 saturated heterocycles. The summed E-state index contributed by atoms with van der Waals surface area (Å²) in [6, 6.07) is 11.4. The molecule has 0 radical (unpaired) electrons. The first kappa shape index (κ1) is 14.9. The van der Waals surface area contributed by atoms with Gasteiger partial charge in [-0.3, -0.25) is 4.90 Å². The van der Waals surface area contributed by atoms with Crippen LogP contribution in [0.1, 0.15) is 11.4 Å². The Kier molecular flexibility index (Phi) is 3.78. The number of nitrogens with zero attached hydrogens (tertiary/aromatic N) is 6. The molecule has 0 aliphatic carbocycles. The van der Waals surface area contributed by atoms with E-state index in [9.17, 15) is 5.11 Å². The molecule has 2 aromatic heterocycles. The highest BCUT2D eigenvalue weighted by Crippen LogP contribution is 2.16. The molecule has 0 atom stereocenters. The van der Waals surface area contributed by atoms with Crippen molar-refractivity contribution in [2.24, 2.45) is 0 Å². The summed E-state index contributed by atoms with van der Waals surface area (Å²) < 4.78 is 1.60. The molecular weight excluding hydrogens is 304 g/mol. The largest absolute Gasteiger partial charge is 0.508 e. The number of phenols is 1. The second kappa shape index (κ2) is 6.09. The van der Waals surface area contributed by atoms with E-state index in [0.29, 0.717) is 5.75 Å². The van der Waals surface area contributed by atoms with E-state index in [-0.39, 0.29) is 0 Å². The van der Waals surface area contributed by atoms with Crippen LogP contribution in [0.15, 0.2) is 36.4 Å². The lowest BCUT2D eigenvalue weighted by Gasteiger charge is -2.35. The minimum atomic E-state index is 0.313. The average molecular weight is 324 g/mol. The molecule has 124 valence electrons. The minimum absolute atomic E-state index is 0.313. The Morgan fingerprint density at radius 1 is 0.958 bits per heavy atom. The molecule has 0 amide bonds.